The topological polar surface area (TPSA) is 55.5 Å². The van der Waals surface area contributed by atoms with Gasteiger partial charge < -0.3 is 15.6 Å². The maximum absolute atomic E-state index is 9.50. The summed E-state index contributed by atoms with van der Waals surface area (Å²) in [6.45, 7) is 4.06. The molecule has 0 radical (unpaired) electrons. The van der Waals surface area contributed by atoms with Crippen LogP contribution >= 0.6 is 24.0 Å². The molecule has 0 fully saturated rings. The maximum Gasteiger partial charge on any atom is 0.120 e. The number of aliphatic hydroxyl groups excluding tert-OH is 1. The zero-order chi connectivity index (χ0) is 12.7. The highest BCUT2D eigenvalue weighted by molar-refractivity contribution is 6.18. The van der Waals surface area contributed by atoms with Crippen LogP contribution in [0.4, 0.5) is 0 Å². The van der Waals surface area contributed by atoms with Crippen molar-refractivity contribution in [2.75, 3.05) is 12.5 Å². The lowest BCUT2D eigenvalue weighted by Gasteiger charge is -2.16. The third kappa shape index (κ3) is 5.74. The molecule has 0 unspecified atom stereocenters. The van der Waals surface area contributed by atoms with Crippen LogP contribution in [0.2, 0.25) is 0 Å². The van der Waals surface area contributed by atoms with E-state index in [-0.39, 0.29) is 24.3 Å². The Morgan fingerprint density at radius 2 is 2.22 bits per heavy atom. The van der Waals surface area contributed by atoms with E-state index in [0.29, 0.717) is 13.0 Å². The summed E-state index contributed by atoms with van der Waals surface area (Å²) in [5.74, 6) is 0.920. The van der Waals surface area contributed by atoms with Crippen molar-refractivity contribution < 1.29 is 9.84 Å². The van der Waals surface area contributed by atoms with Gasteiger partial charge in [-0.15, -0.1) is 24.0 Å². The molecule has 0 aliphatic carbocycles. The largest absolute Gasteiger partial charge is 0.490 e. The number of hydrogen-bond acceptors (Lipinski definition) is 3. The maximum atomic E-state index is 9.50. The summed E-state index contributed by atoms with van der Waals surface area (Å²) < 4.78 is 5.42. The first kappa shape index (κ1) is 17.3. The van der Waals surface area contributed by atoms with Crippen molar-refractivity contribution >= 4 is 24.0 Å². The lowest BCUT2D eigenvalue weighted by molar-refractivity contribution is 0.166. The van der Waals surface area contributed by atoms with Gasteiger partial charge in [0.05, 0.1) is 6.10 Å². The van der Waals surface area contributed by atoms with E-state index in [4.69, 9.17) is 22.1 Å². The van der Waals surface area contributed by atoms with E-state index in [9.17, 15) is 5.11 Å². The zero-order valence-electron chi connectivity index (χ0n) is 10.1. The molecular weight excluding hydrogens is 273 g/mol. The Kier molecular flexibility index (Phi) is 8.85. The molecule has 0 heterocycles. The normalized spacial score (nSPS) is 13.3. The highest BCUT2D eigenvalue weighted by atomic mass is 35.5. The first-order valence-electron chi connectivity index (χ1n) is 5.49. The lowest BCUT2D eigenvalue weighted by atomic mass is 10.0. The number of aliphatic hydroxyl groups is 1. The minimum atomic E-state index is -0.686. The van der Waals surface area contributed by atoms with Crippen molar-refractivity contribution in [3.05, 3.63) is 42.5 Å². The van der Waals surface area contributed by atoms with Gasteiger partial charge in [-0.1, -0.05) is 24.8 Å². The second-order valence-corrected chi connectivity index (χ2v) is 4.15. The summed E-state index contributed by atoms with van der Waals surface area (Å²) in [6, 6.07) is 7.26. The molecule has 0 aliphatic rings. The van der Waals surface area contributed by atoms with Crippen LogP contribution in [0, 0.1) is 0 Å². The minimum Gasteiger partial charge on any atom is -0.490 e. The van der Waals surface area contributed by atoms with Crippen LogP contribution in [0.1, 0.15) is 5.56 Å². The van der Waals surface area contributed by atoms with Gasteiger partial charge in [0, 0.05) is 11.9 Å². The van der Waals surface area contributed by atoms with Crippen LogP contribution in [0.5, 0.6) is 5.75 Å². The van der Waals surface area contributed by atoms with Crippen molar-refractivity contribution in [2.24, 2.45) is 5.73 Å². The lowest BCUT2D eigenvalue weighted by Crippen LogP contribution is -2.37. The molecule has 1 rings (SSSR count). The second-order valence-electron chi connectivity index (χ2n) is 3.84. The third-order valence-electron chi connectivity index (χ3n) is 2.39. The molecule has 1 aromatic carbocycles. The SMILES string of the molecule is C=CCOc1cccc(C[C@H](N)[C@H](O)CCl)c1.Cl. The van der Waals surface area contributed by atoms with E-state index in [1.807, 2.05) is 24.3 Å². The fourth-order valence-corrected chi connectivity index (χ4v) is 1.67. The van der Waals surface area contributed by atoms with Crippen LogP contribution < -0.4 is 10.5 Å². The molecular formula is C13H19Cl2NO2. The molecule has 0 spiro atoms. The molecule has 1 aromatic rings. The molecule has 0 saturated heterocycles. The smallest absolute Gasteiger partial charge is 0.120 e. The number of hydrogen-bond donors (Lipinski definition) is 2. The van der Waals surface area contributed by atoms with Gasteiger partial charge in [-0.3, -0.25) is 0 Å². The molecule has 5 heteroatoms. The van der Waals surface area contributed by atoms with E-state index in [0.717, 1.165) is 11.3 Å². The molecule has 0 aliphatic heterocycles. The Morgan fingerprint density at radius 3 is 2.83 bits per heavy atom. The Bertz CT molecular complexity index is 361. The van der Waals surface area contributed by atoms with E-state index in [2.05, 4.69) is 6.58 Å². The van der Waals surface area contributed by atoms with E-state index in [1.165, 1.54) is 0 Å². The average molecular weight is 292 g/mol. The van der Waals surface area contributed by atoms with Crippen molar-refractivity contribution in [2.45, 2.75) is 18.6 Å². The molecule has 0 bridgehead atoms. The summed E-state index contributed by atoms with van der Waals surface area (Å²) in [6.07, 6.45) is 1.57. The van der Waals surface area contributed by atoms with Crippen molar-refractivity contribution in [1.29, 1.82) is 0 Å². The molecule has 0 aromatic heterocycles. The van der Waals surface area contributed by atoms with Crippen LogP contribution in [-0.4, -0.2) is 29.7 Å². The van der Waals surface area contributed by atoms with E-state index in [1.54, 1.807) is 6.08 Å². The predicted octanol–water partition coefficient (Wildman–Crippen LogP) is 2.14. The Morgan fingerprint density at radius 1 is 1.50 bits per heavy atom. The molecule has 18 heavy (non-hydrogen) atoms. The number of nitrogens with two attached hydrogens (primary N) is 1. The molecule has 0 saturated carbocycles. The number of benzene rings is 1. The van der Waals surface area contributed by atoms with Crippen molar-refractivity contribution in [3.63, 3.8) is 0 Å². The van der Waals surface area contributed by atoms with Gasteiger partial charge in [-0.2, -0.15) is 0 Å². The van der Waals surface area contributed by atoms with E-state index < -0.39 is 6.10 Å². The molecule has 102 valence electrons. The Labute approximate surface area is 119 Å². The molecule has 0 amide bonds. The van der Waals surface area contributed by atoms with Gasteiger partial charge in [-0.05, 0) is 24.1 Å². The van der Waals surface area contributed by atoms with E-state index >= 15 is 0 Å². The van der Waals surface area contributed by atoms with Crippen molar-refractivity contribution in [3.8, 4) is 5.75 Å². The Hall–Kier alpha value is -0.740. The van der Waals surface area contributed by atoms with Gasteiger partial charge in [0.2, 0.25) is 0 Å². The van der Waals surface area contributed by atoms with Gasteiger partial charge >= 0.3 is 0 Å². The third-order valence-corrected chi connectivity index (χ3v) is 2.71. The Balaban J connectivity index is 0.00000289. The summed E-state index contributed by atoms with van der Waals surface area (Å²) in [5.41, 5.74) is 6.84. The van der Waals surface area contributed by atoms with Crippen molar-refractivity contribution in [1.82, 2.24) is 0 Å². The number of alkyl halides is 1. The fraction of sp³-hybridized carbons (Fsp3) is 0.385. The van der Waals surface area contributed by atoms with Gasteiger partial charge in [0.1, 0.15) is 12.4 Å². The van der Waals surface area contributed by atoms with Crippen LogP contribution in [0.25, 0.3) is 0 Å². The summed E-state index contributed by atoms with van der Waals surface area (Å²) in [7, 11) is 0. The highest BCUT2D eigenvalue weighted by Gasteiger charge is 2.14. The summed E-state index contributed by atoms with van der Waals surface area (Å²) >= 11 is 5.55. The van der Waals surface area contributed by atoms with Crippen LogP contribution in [0.15, 0.2) is 36.9 Å². The average Bonchev–Trinajstić information content (AvgIpc) is 2.35. The van der Waals surface area contributed by atoms with Gasteiger partial charge in [0.15, 0.2) is 0 Å². The second kappa shape index (κ2) is 9.22. The quantitative estimate of drug-likeness (QED) is 0.598. The molecule has 3 nitrogen and oxygen atoms in total. The number of halogens is 2. The summed E-state index contributed by atoms with van der Waals surface area (Å²) in [5, 5.41) is 9.50. The minimum absolute atomic E-state index is 0. The monoisotopic (exact) mass is 291 g/mol. The summed E-state index contributed by atoms with van der Waals surface area (Å²) in [4.78, 5) is 0. The van der Waals surface area contributed by atoms with Gasteiger partial charge in [0.25, 0.3) is 0 Å². The number of ether oxygens (including phenoxy) is 1. The standard InChI is InChI=1S/C13H18ClNO2.ClH/c1-2-6-17-11-5-3-4-10(7-11)8-12(15)13(16)9-14;/h2-5,7,12-13,16H,1,6,8-9,15H2;1H/t12-,13+;/m0./s1. The molecule has 3 N–H and O–H groups in total. The number of rotatable bonds is 7. The first-order valence-corrected chi connectivity index (χ1v) is 6.03. The fourth-order valence-electron chi connectivity index (χ4n) is 1.44. The first-order chi connectivity index (χ1) is 8.17. The zero-order valence-corrected chi connectivity index (χ0v) is 11.7. The highest BCUT2D eigenvalue weighted by Crippen LogP contribution is 2.15. The molecule has 2 atom stereocenters. The predicted molar refractivity (Wildman–Crippen MR) is 77.8 cm³/mol. The van der Waals surface area contributed by atoms with Gasteiger partial charge in [-0.25, -0.2) is 0 Å². The van der Waals surface area contributed by atoms with Crippen LogP contribution in [-0.2, 0) is 6.42 Å². The van der Waals surface area contributed by atoms with Crippen LogP contribution in [0.3, 0.4) is 0 Å².